The van der Waals surface area contributed by atoms with Crippen molar-refractivity contribution in [3.63, 3.8) is 0 Å². The number of aromatic nitrogens is 1. The second kappa shape index (κ2) is 9.06. The normalized spacial score (nSPS) is 16.2. The van der Waals surface area contributed by atoms with Crippen LogP contribution in [0.1, 0.15) is 37.5 Å². The Morgan fingerprint density at radius 2 is 1.84 bits per heavy atom. The minimum atomic E-state index is -0.782. The maximum atomic E-state index is 13.5. The van der Waals surface area contributed by atoms with Crippen LogP contribution in [-0.4, -0.2) is 33.2 Å². The van der Waals surface area contributed by atoms with E-state index in [9.17, 15) is 14.7 Å². The Balaban J connectivity index is 1.77. The quantitative estimate of drug-likeness (QED) is 0.441. The highest BCUT2D eigenvalue weighted by molar-refractivity contribution is 7.14. The number of nitrogens with zero attached hydrogens (tertiary/aromatic N) is 2. The van der Waals surface area contributed by atoms with Gasteiger partial charge in [0, 0.05) is 6.54 Å². The summed E-state index contributed by atoms with van der Waals surface area (Å²) < 4.78 is 0. The third kappa shape index (κ3) is 4.18. The van der Waals surface area contributed by atoms with Crippen LogP contribution in [0.3, 0.4) is 0 Å². The molecule has 1 atom stereocenters. The lowest BCUT2D eigenvalue weighted by Gasteiger charge is -2.27. The van der Waals surface area contributed by atoms with E-state index in [1.165, 1.54) is 16.2 Å². The largest absolute Gasteiger partial charge is 0.503 e. The van der Waals surface area contributed by atoms with Gasteiger partial charge >= 0.3 is 0 Å². The third-order valence-electron chi connectivity index (χ3n) is 5.40. The molecule has 2 heterocycles. The van der Waals surface area contributed by atoms with E-state index < -0.39 is 23.5 Å². The Bertz CT molecular complexity index is 1240. The first-order valence-corrected chi connectivity index (χ1v) is 11.6. The topological polar surface area (TPSA) is 70.5 Å². The first kappa shape index (κ1) is 22.5. The Hall–Kier alpha value is -2.67. The van der Waals surface area contributed by atoms with Gasteiger partial charge in [-0.25, -0.2) is 4.98 Å². The Morgan fingerprint density at radius 1 is 1.12 bits per heavy atom. The Morgan fingerprint density at radius 3 is 2.47 bits per heavy atom. The zero-order valence-corrected chi connectivity index (χ0v) is 19.8. The number of rotatable bonds is 6. The number of carbonyl (C=O) groups excluding carboxylic acids is 2. The van der Waals surface area contributed by atoms with Crippen molar-refractivity contribution in [2.75, 3.05) is 6.54 Å². The molecule has 164 valence electrons. The van der Waals surface area contributed by atoms with Gasteiger partial charge in [0.15, 0.2) is 5.76 Å². The predicted octanol–water partition coefficient (Wildman–Crippen LogP) is 5.89. The van der Waals surface area contributed by atoms with Crippen LogP contribution >= 0.6 is 34.5 Å². The molecule has 0 fully saturated rings. The summed E-state index contributed by atoms with van der Waals surface area (Å²) in [7, 11) is 0. The standard InChI is InChI=1S/C24H20Cl2N2O3S/c1-13-23(32-14(2)27-13)21(29)19-20(16-8-9-17(25)18(26)12-16)28(24(31)22(19)30)11-10-15-6-4-3-5-7-15/h3-9,12,20,30H,10-11H2,1-2H3. The number of aryl methyl sites for hydroxylation is 2. The molecule has 3 aromatic rings. The third-order valence-corrected chi connectivity index (χ3v) is 7.21. The summed E-state index contributed by atoms with van der Waals surface area (Å²) in [6.07, 6.45) is 0.567. The summed E-state index contributed by atoms with van der Waals surface area (Å²) in [6.45, 7) is 3.87. The first-order valence-electron chi connectivity index (χ1n) is 9.99. The molecule has 5 nitrogen and oxygen atoms in total. The second-order valence-electron chi connectivity index (χ2n) is 7.55. The van der Waals surface area contributed by atoms with E-state index in [-0.39, 0.29) is 5.57 Å². The van der Waals surface area contributed by atoms with Gasteiger partial charge in [-0.2, -0.15) is 0 Å². The van der Waals surface area contributed by atoms with Crippen molar-refractivity contribution < 1.29 is 14.7 Å². The number of thiazole rings is 1. The molecule has 1 unspecified atom stereocenters. The van der Waals surface area contributed by atoms with E-state index in [0.717, 1.165) is 10.6 Å². The highest BCUT2D eigenvalue weighted by Gasteiger charge is 2.44. The van der Waals surface area contributed by atoms with Crippen LogP contribution in [0.4, 0.5) is 0 Å². The summed E-state index contributed by atoms with van der Waals surface area (Å²) in [6, 6.07) is 13.9. The van der Waals surface area contributed by atoms with Crippen molar-refractivity contribution in [1.82, 2.24) is 9.88 Å². The lowest BCUT2D eigenvalue weighted by atomic mass is 9.95. The number of aliphatic hydroxyl groups is 1. The molecule has 1 amide bonds. The number of hydrogen-bond donors (Lipinski definition) is 1. The van der Waals surface area contributed by atoms with Crippen LogP contribution in [0.2, 0.25) is 10.0 Å². The molecule has 8 heteroatoms. The van der Waals surface area contributed by atoms with Crippen molar-refractivity contribution in [2.24, 2.45) is 0 Å². The monoisotopic (exact) mass is 486 g/mol. The molecule has 1 aliphatic heterocycles. The Kier molecular flexibility index (Phi) is 6.38. The van der Waals surface area contributed by atoms with Gasteiger partial charge in [0.1, 0.15) is 0 Å². The van der Waals surface area contributed by atoms with Crippen molar-refractivity contribution in [2.45, 2.75) is 26.3 Å². The van der Waals surface area contributed by atoms with Crippen molar-refractivity contribution in [1.29, 1.82) is 0 Å². The molecule has 2 aromatic carbocycles. The SMILES string of the molecule is Cc1nc(C)c(C(=O)C2=C(O)C(=O)N(CCc3ccccc3)C2c2ccc(Cl)c(Cl)c2)s1. The molecule has 32 heavy (non-hydrogen) atoms. The van der Waals surface area contributed by atoms with Crippen molar-refractivity contribution in [3.05, 3.63) is 96.6 Å². The number of benzene rings is 2. The molecular formula is C24H20Cl2N2O3S. The van der Waals surface area contributed by atoms with Gasteiger partial charge in [-0.05, 0) is 43.5 Å². The van der Waals surface area contributed by atoms with E-state index in [1.54, 1.807) is 25.1 Å². The summed E-state index contributed by atoms with van der Waals surface area (Å²) in [4.78, 5) is 32.8. The number of ketones is 1. The molecule has 1 aromatic heterocycles. The smallest absolute Gasteiger partial charge is 0.290 e. The van der Waals surface area contributed by atoms with Crippen LogP contribution < -0.4 is 0 Å². The van der Waals surface area contributed by atoms with Gasteiger partial charge in [-0.3, -0.25) is 9.59 Å². The van der Waals surface area contributed by atoms with E-state index in [2.05, 4.69) is 4.98 Å². The summed E-state index contributed by atoms with van der Waals surface area (Å²) in [5.74, 6) is -1.53. The van der Waals surface area contributed by atoms with Gasteiger partial charge in [-0.1, -0.05) is 59.6 Å². The van der Waals surface area contributed by atoms with Gasteiger partial charge in [0.2, 0.25) is 5.78 Å². The number of Topliss-reactive ketones (excluding diaryl/α,β-unsaturated/α-hetero) is 1. The summed E-state index contributed by atoms with van der Waals surface area (Å²) in [5, 5.41) is 12.2. The average molecular weight is 487 g/mol. The predicted molar refractivity (Wildman–Crippen MR) is 127 cm³/mol. The minimum Gasteiger partial charge on any atom is -0.503 e. The fraction of sp³-hybridized carbons (Fsp3) is 0.208. The van der Waals surface area contributed by atoms with Gasteiger partial charge in [-0.15, -0.1) is 11.3 Å². The summed E-state index contributed by atoms with van der Waals surface area (Å²) in [5.41, 5.74) is 2.25. The van der Waals surface area contributed by atoms with Crippen LogP contribution in [0.15, 0.2) is 59.9 Å². The number of halogens is 2. The highest BCUT2D eigenvalue weighted by Crippen LogP contribution is 2.41. The Labute approximate surface area is 199 Å². The molecule has 0 saturated carbocycles. The van der Waals surface area contributed by atoms with Crippen LogP contribution in [0.25, 0.3) is 0 Å². The molecule has 0 spiro atoms. The lowest BCUT2D eigenvalue weighted by Crippen LogP contribution is -2.33. The first-order chi connectivity index (χ1) is 15.3. The number of aliphatic hydroxyl groups excluding tert-OH is 1. The number of hydrogen-bond acceptors (Lipinski definition) is 5. The van der Waals surface area contributed by atoms with E-state index in [0.29, 0.717) is 39.1 Å². The second-order valence-corrected chi connectivity index (χ2v) is 9.57. The zero-order chi connectivity index (χ0) is 23.0. The molecule has 1 aliphatic rings. The highest BCUT2D eigenvalue weighted by atomic mass is 35.5. The minimum absolute atomic E-state index is 0.0354. The van der Waals surface area contributed by atoms with Gasteiger partial charge in [0.25, 0.3) is 5.91 Å². The van der Waals surface area contributed by atoms with Crippen LogP contribution in [0.5, 0.6) is 0 Å². The number of carbonyl (C=O) groups is 2. The fourth-order valence-electron chi connectivity index (χ4n) is 3.90. The molecule has 0 radical (unpaired) electrons. The van der Waals surface area contributed by atoms with E-state index in [4.69, 9.17) is 23.2 Å². The van der Waals surface area contributed by atoms with Crippen molar-refractivity contribution >= 4 is 46.2 Å². The van der Waals surface area contributed by atoms with Crippen LogP contribution in [-0.2, 0) is 11.2 Å². The average Bonchev–Trinajstić information content (AvgIpc) is 3.24. The maximum Gasteiger partial charge on any atom is 0.290 e. The number of amides is 1. The molecule has 0 saturated heterocycles. The zero-order valence-electron chi connectivity index (χ0n) is 17.4. The molecule has 4 rings (SSSR count). The summed E-state index contributed by atoms with van der Waals surface area (Å²) >= 11 is 13.6. The van der Waals surface area contributed by atoms with E-state index >= 15 is 0 Å². The molecule has 0 aliphatic carbocycles. The van der Waals surface area contributed by atoms with Gasteiger partial charge < -0.3 is 10.0 Å². The van der Waals surface area contributed by atoms with E-state index in [1.807, 2.05) is 37.3 Å². The van der Waals surface area contributed by atoms with Gasteiger partial charge in [0.05, 0.1) is 37.2 Å². The molecule has 1 N–H and O–H groups in total. The molecular weight excluding hydrogens is 467 g/mol. The fourth-order valence-corrected chi connectivity index (χ4v) is 5.08. The maximum absolute atomic E-state index is 13.5. The van der Waals surface area contributed by atoms with Crippen molar-refractivity contribution in [3.8, 4) is 0 Å². The molecule has 0 bridgehead atoms. The lowest BCUT2D eigenvalue weighted by molar-refractivity contribution is -0.129. The van der Waals surface area contributed by atoms with Crippen LogP contribution in [0, 0.1) is 13.8 Å².